The summed E-state index contributed by atoms with van der Waals surface area (Å²) in [5.41, 5.74) is 6.58. The molecule has 0 aliphatic carbocycles. The van der Waals surface area contributed by atoms with E-state index in [1.807, 2.05) is 24.3 Å². The maximum Gasteiger partial charge on any atom is 0.0918 e. The molecule has 0 radical (unpaired) electrons. The first kappa shape index (κ1) is 15.0. The molecule has 1 aromatic carbocycles. The van der Waals surface area contributed by atoms with Gasteiger partial charge in [-0.1, -0.05) is 23.7 Å². The molecule has 0 heterocycles. The molecule has 1 aromatic rings. The molecule has 0 spiro atoms. The number of amidine groups is 1. The van der Waals surface area contributed by atoms with Gasteiger partial charge in [0.15, 0.2) is 0 Å². The van der Waals surface area contributed by atoms with E-state index in [4.69, 9.17) is 27.5 Å². The van der Waals surface area contributed by atoms with Crippen molar-refractivity contribution in [3.05, 3.63) is 34.9 Å². The second-order valence-electron chi connectivity index (χ2n) is 4.17. The fourth-order valence-corrected chi connectivity index (χ4v) is 1.74. The Morgan fingerprint density at radius 3 is 2.56 bits per heavy atom. The van der Waals surface area contributed by atoms with Crippen LogP contribution in [0, 0.1) is 5.41 Å². The maximum absolute atomic E-state index is 7.27. The highest BCUT2D eigenvalue weighted by molar-refractivity contribution is 6.30. The molecule has 0 aliphatic rings. The molecule has 0 atom stereocenters. The van der Waals surface area contributed by atoms with Crippen LogP contribution in [0.25, 0.3) is 0 Å². The van der Waals surface area contributed by atoms with Gasteiger partial charge >= 0.3 is 0 Å². The summed E-state index contributed by atoms with van der Waals surface area (Å²) < 4.78 is 5.09. The Labute approximate surface area is 113 Å². The van der Waals surface area contributed by atoms with E-state index in [2.05, 4.69) is 4.90 Å². The Kier molecular flexibility index (Phi) is 6.72. The third-order valence-corrected chi connectivity index (χ3v) is 2.88. The van der Waals surface area contributed by atoms with E-state index < -0.39 is 0 Å². The predicted octanol–water partition coefficient (Wildman–Crippen LogP) is 2.11. The molecule has 0 fully saturated rings. The van der Waals surface area contributed by atoms with E-state index in [0.29, 0.717) is 13.0 Å². The van der Waals surface area contributed by atoms with Crippen LogP contribution < -0.4 is 5.73 Å². The number of benzene rings is 1. The molecule has 100 valence electrons. The Morgan fingerprint density at radius 1 is 1.33 bits per heavy atom. The number of nitrogens with one attached hydrogen (secondary N) is 1. The molecular weight excluding hydrogens is 250 g/mol. The standard InChI is InChI=1S/C13H20ClN3O/c1-18-9-8-17(7-6-13(15)16)10-11-2-4-12(14)5-3-11/h2-5H,6-10H2,1H3,(H3,15,16). The van der Waals surface area contributed by atoms with Crippen molar-refractivity contribution in [3.63, 3.8) is 0 Å². The van der Waals surface area contributed by atoms with Crippen molar-refractivity contribution in [1.29, 1.82) is 5.41 Å². The largest absolute Gasteiger partial charge is 0.388 e. The minimum absolute atomic E-state index is 0.216. The molecule has 5 heteroatoms. The van der Waals surface area contributed by atoms with Crippen LogP contribution in [0.15, 0.2) is 24.3 Å². The molecule has 0 aliphatic heterocycles. The summed E-state index contributed by atoms with van der Waals surface area (Å²) in [6.45, 7) is 3.08. The molecule has 3 N–H and O–H groups in total. The first-order valence-electron chi connectivity index (χ1n) is 5.90. The highest BCUT2D eigenvalue weighted by Crippen LogP contribution is 2.11. The number of methoxy groups -OCH3 is 1. The summed E-state index contributed by atoms with van der Waals surface area (Å²) in [7, 11) is 1.69. The van der Waals surface area contributed by atoms with Crippen LogP contribution in [-0.4, -0.2) is 37.5 Å². The summed E-state index contributed by atoms with van der Waals surface area (Å²) in [4.78, 5) is 2.22. The third kappa shape index (κ3) is 6.00. The highest BCUT2D eigenvalue weighted by Gasteiger charge is 2.06. The van der Waals surface area contributed by atoms with Gasteiger partial charge in [-0.2, -0.15) is 0 Å². The molecule has 0 saturated heterocycles. The topological polar surface area (TPSA) is 62.3 Å². The van der Waals surface area contributed by atoms with Gasteiger partial charge in [0.1, 0.15) is 0 Å². The lowest BCUT2D eigenvalue weighted by Gasteiger charge is -2.21. The predicted molar refractivity (Wildman–Crippen MR) is 75.1 cm³/mol. The van der Waals surface area contributed by atoms with Crippen molar-refractivity contribution >= 4 is 17.4 Å². The van der Waals surface area contributed by atoms with Crippen LogP contribution in [0.4, 0.5) is 0 Å². The molecule has 0 amide bonds. The summed E-state index contributed by atoms with van der Waals surface area (Å²) in [6.07, 6.45) is 0.581. The molecule has 0 aromatic heterocycles. The molecule has 4 nitrogen and oxygen atoms in total. The van der Waals surface area contributed by atoms with E-state index in [1.54, 1.807) is 7.11 Å². The minimum atomic E-state index is 0.216. The van der Waals surface area contributed by atoms with Crippen LogP contribution in [0.1, 0.15) is 12.0 Å². The second kappa shape index (κ2) is 8.08. The molecular formula is C13H20ClN3O. The minimum Gasteiger partial charge on any atom is -0.388 e. The summed E-state index contributed by atoms with van der Waals surface area (Å²) in [5, 5.41) is 8.02. The lowest BCUT2D eigenvalue weighted by atomic mass is 10.2. The van der Waals surface area contributed by atoms with Crippen molar-refractivity contribution in [3.8, 4) is 0 Å². The van der Waals surface area contributed by atoms with E-state index >= 15 is 0 Å². The first-order chi connectivity index (χ1) is 8.61. The quantitative estimate of drug-likeness (QED) is 0.561. The second-order valence-corrected chi connectivity index (χ2v) is 4.61. The van der Waals surface area contributed by atoms with Crippen LogP contribution in [-0.2, 0) is 11.3 Å². The van der Waals surface area contributed by atoms with E-state index in [1.165, 1.54) is 5.56 Å². The van der Waals surface area contributed by atoms with Gasteiger partial charge in [0.05, 0.1) is 12.4 Å². The zero-order valence-corrected chi connectivity index (χ0v) is 11.4. The Morgan fingerprint density at radius 2 is 2.00 bits per heavy atom. The Hall–Kier alpha value is -1.10. The number of ether oxygens (including phenoxy) is 1. The fourth-order valence-electron chi connectivity index (χ4n) is 1.62. The van der Waals surface area contributed by atoms with Crippen LogP contribution >= 0.6 is 11.6 Å². The zero-order valence-electron chi connectivity index (χ0n) is 10.7. The number of nitrogens with two attached hydrogens (primary N) is 1. The monoisotopic (exact) mass is 269 g/mol. The average Bonchev–Trinajstić information content (AvgIpc) is 2.35. The van der Waals surface area contributed by atoms with Gasteiger partial charge in [-0.15, -0.1) is 0 Å². The van der Waals surface area contributed by atoms with E-state index in [-0.39, 0.29) is 5.84 Å². The molecule has 0 bridgehead atoms. The van der Waals surface area contributed by atoms with Crippen LogP contribution in [0.5, 0.6) is 0 Å². The molecule has 0 unspecified atom stereocenters. The lowest BCUT2D eigenvalue weighted by molar-refractivity contribution is 0.145. The fraction of sp³-hybridized carbons (Fsp3) is 0.462. The number of hydrogen-bond acceptors (Lipinski definition) is 3. The van der Waals surface area contributed by atoms with E-state index in [9.17, 15) is 0 Å². The summed E-state index contributed by atoms with van der Waals surface area (Å²) in [5.74, 6) is 0.216. The zero-order chi connectivity index (χ0) is 13.4. The Balaban J connectivity index is 2.53. The van der Waals surface area contributed by atoms with Gasteiger partial charge in [0.25, 0.3) is 0 Å². The summed E-state index contributed by atoms with van der Waals surface area (Å²) in [6, 6.07) is 7.79. The highest BCUT2D eigenvalue weighted by atomic mass is 35.5. The van der Waals surface area contributed by atoms with Gasteiger partial charge < -0.3 is 10.5 Å². The SMILES string of the molecule is COCCN(CCC(=N)N)Cc1ccc(Cl)cc1. The average molecular weight is 270 g/mol. The van der Waals surface area contributed by atoms with Crippen LogP contribution in [0.2, 0.25) is 5.02 Å². The number of nitrogens with zero attached hydrogens (tertiary/aromatic N) is 1. The van der Waals surface area contributed by atoms with Crippen molar-refractivity contribution in [2.45, 2.75) is 13.0 Å². The molecule has 18 heavy (non-hydrogen) atoms. The van der Waals surface area contributed by atoms with Gasteiger partial charge in [-0.3, -0.25) is 10.3 Å². The first-order valence-corrected chi connectivity index (χ1v) is 6.28. The van der Waals surface area contributed by atoms with Crippen molar-refractivity contribution in [2.24, 2.45) is 5.73 Å². The van der Waals surface area contributed by atoms with E-state index in [0.717, 1.165) is 24.7 Å². The lowest BCUT2D eigenvalue weighted by Crippen LogP contribution is -2.30. The van der Waals surface area contributed by atoms with Gasteiger partial charge in [-0.05, 0) is 17.7 Å². The van der Waals surface area contributed by atoms with Gasteiger partial charge in [0, 0.05) is 38.2 Å². The van der Waals surface area contributed by atoms with Crippen molar-refractivity contribution in [2.75, 3.05) is 26.8 Å². The normalized spacial score (nSPS) is 10.8. The molecule has 1 rings (SSSR count). The third-order valence-electron chi connectivity index (χ3n) is 2.63. The van der Waals surface area contributed by atoms with Crippen molar-refractivity contribution < 1.29 is 4.74 Å². The van der Waals surface area contributed by atoms with Crippen molar-refractivity contribution in [1.82, 2.24) is 4.90 Å². The number of rotatable bonds is 8. The number of hydrogen-bond donors (Lipinski definition) is 2. The number of halogens is 1. The molecule has 0 saturated carbocycles. The van der Waals surface area contributed by atoms with Gasteiger partial charge in [0.2, 0.25) is 0 Å². The van der Waals surface area contributed by atoms with Gasteiger partial charge in [-0.25, -0.2) is 0 Å². The maximum atomic E-state index is 7.27. The Bertz CT molecular complexity index is 367. The summed E-state index contributed by atoms with van der Waals surface area (Å²) >= 11 is 5.86. The van der Waals surface area contributed by atoms with Crippen LogP contribution in [0.3, 0.4) is 0 Å². The smallest absolute Gasteiger partial charge is 0.0918 e.